The van der Waals surface area contributed by atoms with Crippen molar-refractivity contribution >= 4 is 17.5 Å². The van der Waals surface area contributed by atoms with Crippen molar-refractivity contribution in [1.82, 2.24) is 19.9 Å². The van der Waals surface area contributed by atoms with E-state index in [1.54, 1.807) is 31.8 Å². The normalized spacial score (nSPS) is 17.5. The van der Waals surface area contributed by atoms with Crippen LogP contribution in [0.2, 0.25) is 0 Å². The molecule has 28 heavy (non-hydrogen) atoms. The molecule has 0 radical (unpaired) electrons. The van der Waals surface area contributed by atoms with Crippen molar-refractivity contribution < 1.29 is 14.3 Å². The van der Waals surface area contributed by atoms with Crippen molar-refractivity contribution in [3.8, 4) is 5.88 Å². The van der Waals surface area contributed by atoms with Crippen LogP contribution in [0.1, 0.15) is 10.4 Å². The highest BCUT2D eigenvalue weighted by atomic mass is 16.5. The van der Waals surface area contributed by atoms with E-state index in [1.807, 2.05) is 11.0 Å². The number of aromatic nitrogens is 3. The fourth-order valence-corrected chi connectivity index (χ4v) is 3.42. The van der Waals surface area contributed by atoms with Gasteiger partial charge >= 0.3 is 0 Å². The summed E-state index contributed by atoms with van der Waals surface area (Å²) in [4.78, 5) is 31.9. The topological polar surface area (TPSA) is 83.9 Å². The molecule has 0 spiro atoms. The molecule has 1 amide bonds. The summed E-state index contributed by atoms with van der Waals surface area (Å²) in [5, 5.41) is 0. The van der Waals surface area contributed by atoms with Crippen molar-refractivity contribution in [2.24, 2.45) is 0 Å². The summed E-state index contributed by atoms with van der Waals surface area (Å²) in [7, 11) is 1.56. The Labute approximate surface area is 163 Å². The number of methoxy groups -OCH3 is 1. The summed E-state index contributed by atoms with van der Waals surface area (Å²) in [5.74, 6) is 2.32. The van der Waals surface area contributed by atoms with Crippen molar-refractivity contribution in [2.75, 3.05) is 69.4 Å². The summed E-state index contributed by atoms with van der Waals surface area (Å²) in [6, 6.07) is 5.48. The monoisotopic (exact) mass is 384 g/mol. The maximum atomic E-state index is 12.7. The predicted octanol–water partition coefficient (Wildman–Crippen LogP) is 0.679. The Morgan fingerprint density at radius 2 is 1.64 bits per heavy atom. The number of anilines is 2. The van der Waals surface area contributed by atoms with E-state index in [2.05, 4.69) is 24.8 Å². The maximum Gasteiger partial charge on any atom is 0.255 e. The standard InChI is InChI=1S/C19H24N6O3/c1-27-18-3-2-15(13-20-18)19(26)25-6-4-23(5-7-25)16-12-17(22-14-21-16)24-8-10-28-11-9-24/h2-3,12-14H,4-11H2,1H3. The van der Waals surface area contributed by atoms with E-state index in [9.17, 15) is 4.79 Å². The van der Waals surface area contributed by atoms with Gasteiger partial charge in [0.05, 0.1) is 25.9 Å². The first-order valence-electron chi connectivity index (χ1n) is 9.43. The average Bonchev–Trinajstić information content (AvgIpc) is 2.79. The highest BCUT2D eigenvalue weighted by Gasteiger charge is 2.24. The van der Waals surface area contributed by atoms with Crippen LogP contribution < -0.4 is 14.5 Å². The Hall–Kier alpha value is -2.94. The first kappa shape index (κ1) is 18.4. The zero-order valence-electron chi connectivity index (χ0n) is 16.0. The lowest BCUT2D eigenvalue weighted by atomic mass is 10.2. The molecule has 2 aliphatic rings. The maximum absolute atomic E-state index is 12.7. The van der Waals surface area contributed by atoms with Gasteiger partial charge in [-0.1, -0.05) is 0 Å². The highest BCUT2D eigenvalue weighted by Crippen LogP contribution is 2.20. The molecule has 0 unspecified atom stereocenters. The van der Waals surface area contributed by atoms with Gasteiger partial charge in [0.25, 0.3) is 5.91 Å². The largest absolute Gasteiger partial charge is 0.481 e. The van der Waals surface area contributed by atoms with E-state index in [0.29, 0.717) is 24.5 Å². The fraction of sp³-hybridized carbons (Fsp3) is 0.474. The molecule has 0 aromatic carbocycles. The van der Waals surface area contributed by atoms with E-state index < -0.39 is 0 Å². The van der Waals surface area contributed by atoms with Gasteiger partial charge in [-0.3, -0.25) is 4.79 Å². The smallest absolute Gasteiger partial charge is 0.255 e. The number of rotatable bonds is 4. The number of morpholine rings is 1. The lowest BCUT2D eigenvalue weighted by Crippen LogP contribution is -2.49. The number of nitrogens with zero attached hydrogens (tertiary/aromatic N) is 6. The predicted molar refractivity (Wildman–Crippen MR) is 104 cm³/mol. The van der Waals surface area contributed by atoms with Crippen molar-refractivity contribution in [1.29, 1.82) is 0 Å². The van der Waals surface area contributed by atoms with Crippen LogP contribution in [0.15, 0.2) is 30.7 Å². The minimum absolute atomic E-state index is 0.00787. The van der Waals surface area contributed by atoms with Gasteiger partial charge in [0.2, 0.25) is 5.88 Å². The quantitative estimate of drug-likeness (QED) is 0.761. The summed E-state index contributed by atoms with van der Waals surface area (Å²) in [6.07, 6.45) is 3.17. The molecule has 9 nitrogen and oxygen atoms in total. The van der Waals surface area contributed by atoms with Gasteiger partial charge in [0.1, 0.15) is 18.0 Å². The Morgan fingerprint density at radius 1 is 0.964 bits per heavy atom. The molecule has 2 fully saturated rings. The summed E-state index contributed by atoms with van der Waals surface area (Å²) >= 11 is 0. The van der Waals surface area contributed by atoms with Crippen LogP contribution in [-0.4, -0.2) is 85.4 Å². The lowest BCUT2D eigenvalue weighted by molar-refractivity contribution is 0.0746. The van der Waals surface area contributed by atoms with Crippen LogP contribution >= 0.6 is 0 Å². The average molecular weight is 384 g/mol. The second-order valence-corrected chi connectivity index (χ2v) is 6.70. The third-order valence-electron chi connectivity index (χ3n) is 5.06. The molecule has 4 heterocycles. The van der Waals surface area contributed by atoms with Gasteiger partial charge < -0.3 is 24.2 Å². The number of hydrogen-bond acceptors (Lipinski definition) is 8. The van der Waals surface area contributed by atoms with Crippen LogP contribution in [0.4, 0.5) is 11.6 Å². The number of pyridine rings is 1. The molecule has 0 saturated carbocycles. The minimum Gasteiger partial charge on any atom is -0.481 e. The molecule has 2 saturated heterocycles. The lowest BCUT2D eigenvalue weighted by Gasteiger charge is -2.36. The Morgan fingerprint density at radius 3 is 2.25 bits per heavy atom. The molecule has 0 aliphatic carbocycles. The molecular weight excluding hydrogens is 360 g/mol. The first-order chi connectivity index (χ1) is 13.7. The van der Waals surface area contributed by atoms with E-state index in [4.69, 9.17) is 9.47 Å². The second-order valence-electron chi connectivity index (χ2n) is 6.70. The first-order valence-corrected chi connectivity index (χ1v) is 9.43. The van der Waals surface area contributed by atoms with Crippen molar-refractivity contribution in [2.45, 2.75) is 0 Å². The molecule has 0 N–H and O–H groups in total. The number of ether oxygens (including phenoxy) is 2. The summed E-state index contributed by atoms with van der Waals surface area (Å²) in [6.45, 7) is 5.87. The molecule has 148 valence electrons. The molecule has 4 rings (SSSR count). The Balaban J connectivity index is 1.37. The number of hydrogen-bond donors (Lipinski definition) is 0. The molecule has 9 heteroatoms. The third-order valence-corrected chi connectivity index (χ3v) is 5.06. The van der Waals surface area contributed by atoms with Crippen LogP contribution in [0, 0.1) is 0 Å². The van der Waals surface area contributed by atoms with Crippen LogP contribution in [0.5, 0.6) is 5.88 Å². The zero-order chi connectivity index (χ0) is 19.3. The van der Waals surface area contributed by atoms with E-state index >= 15 is 0 Å². The third kappa shape index (κ3) is 3.99. The van der Waals surface area contributed by atoms with Crippen LogP contribution in [-0.2, 0) is 4.74 Å². The van der Waals surface area contributed by atoms with E-state index in [0.717, 1.165) is 51.0 Å². The Kier molecular flexibility index (Phi) is 5.52. The van der Waals surface area contributed by atoms with Gasteiger partial charge in [0, 0.05) is 57.6 Å². The van der Waals surface area contributed by atoms with E-state index in [-0.39, 0.29) is 5.91 Å². The molecule has 2 aromatic rings. The summed E-state index contributed by atoms with van der Waals surface area (Å²) in [5.41, 5.74) is 0.575. The van der Waals surface area contributed by atoms with E-state index in [1.165, 1.54) is 0 Å². The SMILES string of the molecule is COc1ccc(C(=O)N2CCN(c3cc(N4CCOCC4)ncn3)CC2)cn1. The highest BCUT2D eigenvalue weighted by molar-refractivity contribution is 5.94. The molecule has 2 aliphatic heterocycles. The van der Waals surface area contributed by atoms with Crippen molar-refractivity contribution in [3.05, 3.63) is 36.3 Å². The number of piperazine rings is 1. The fourth-order valence-electron chi connectivity index (χ4n) is 3.42. The summed E-state index contributed by atoms with van der Waals surface area (Å²) < 4.78 is 10.5. The Bertz CT molecular complexity index is 802. The van der Waals surface area contributed by atoms with Gasteiger partial charge in [-0.2, -0.15) is 0 Å². The molecule has 0 atom stereocenters. The van der Waals surface area contributed by atoms with Gasteiger partial charge in [0.15, 0.2) is 0 Å². The zero-order valence-corrected chi connectivity index (χ0v) is 16.0. The minimum atomic E-state index is -0.00787. The van der Waals surface area contributed by atoms with Gasteiger partial charge in [-0.15, -0.1) is 0 Å². The van der Waals surface area contributed by atoms with Crippen LogP contribution in [0.3, 0.4) is 0 Å². The van der Waals surface area contributed by atoms with Gasteiger partial charge in [-0.25, -0.2) is 15.0 Å². The van der Waals surface area contributed by atoms with Gasteiger partial charge in [-0.05, 0) is 6.07 Å². The number of amides is 1. The van der Waals surface area contributed by atoms with Crippen molar-refractivity contribution in [3.63, 3.8) is 0 Å². The molecular formula is C19H24N6O3. The molecule has 0 bridgehead atoms. The number of carbonyl (C=O) groups excluding carboxylic acids is 1. The number of carbonyl (C=O) groups is 1. The second kappa shape index (κ2) is 8.39. The molecule has 2 aromatic heterocycles. The van der Waals surface area contributed by atoms with Crippen LogP contribution in [0.25, 0.3) is 0 Å².